The third-order valence-corrected chi connectivity index (χ3v) is 5.67. The van der Waals surface area contributed by atoms with Gasteiger partial charge in [-0.3, -0.25) is 19.2 Å². The van der Waals surface area contributed by atoms with Crippen LogP contribution in [0.5, 0.6) is 5.75 Å². The van der Waals surface area contributed by atoms with E-state index in [1.54, 1.807) is 29.2 Å². The number of amides is 2. The fourth-order valence-electron chi connectivity index (χ4n) is 3.18. The molecule has 2 N–H and O–H groups in total. The molecule has 0 aromatic heterocycles. The molecule has 1 heterocycles. The molecule has 0 unspecified atom stereocenters. The van der Waals surface area contributed by atoms with Gasteiger partial charge >= 0.3 is 0 Å². The summed E-state index contributed by atoms with van der Waals surface area (Å²) < 4.78 is 32.8. The Morgan fingerprint density at radius 1 is 1.10 bits per heavy atom. The molecule has 1 aliphatic heterocycles. The van der Waals surface area contributed by atoms with Crippen molar-refractivity contribution in [1.29, 1.82) is 0 Å². The van der Waals surface area contributed by atoms with Crippen LogP contribution in [0.25, 0.3) is 0 Å². The molecule has 0 spiro atoms. The Morgan fingerprint density at radius 3 is 2.43 bits per heavy atom. The number of benzene rings is 1. The van der Waals surface area contributed by atoms with Gasteiger partial charge in [-0.2, -0.15) is 0 Å². The lowest BCUT2D eigenvalue weighted by molar-refractivity contribution is -0.128. The maximum atomic E-state index is 12.6. The molecule has 1 fully saturated rings. The molecule has 1 aliphatic rings. The molecule has 0 aliphatic carbocycles. The summed E-state index contributed by atoms with van der Waals surface area (Å²) in [6.45, 7) is 8.64. The highest BCUT2D eigenvalue weighted by atomic mass is 32.2. The van der Waals surface area contributed by atoms with Gasteiger partial charge in [-0.1, -0.05) is 0 Å². The second-order valence-corrected chi connectivity index (χ2v) is 9.24. The monoisotopic (exact) mass is 440 g/mol. The molecule has 2 rings (SSSR count). The van der Waals surface area contributed by atoms with Gasteiger partial charge in [-0.25, -0.2) is 8.42 Å². The Hall–Kier alpha value is -2.33. The molecule has 2 amide bonds. The van der Waals surface area contributed by atoms with Gasteiger partial charge in [-0.05, 0) is 51.5 Å². The highest BCUT2D eigenvalue weighted by Gasteiger charge is 2.24. The summed E-state index contributed by atoms with van der Waals surface area (Å²) in [7, 11) is -3.83. The second kappa shape index (κ2) is 11.2. The number of ether oxygens (including phenoxy) is 1. The van der Waals surface area contributed by atoms with Crippen molar-refractivity contribution in [2.75, 3.05) is 49.7 Å². The number of carbonyl (C=O) groups is 2. The summed E-state index contributed by atoms with van der Waals surface area (Å²) >= 11 is 0. The zero-order chi connectivity index (χ0) is 22.1. The van der Waals surface area contributed by atoms with Crippen molar-refractivity contribution in [3.05, 3.63) is 24.3 Å². The maximum absolute atomic E-state index is 12.6. The van der Waals surface area contributed by atoms with E-state index in [0.29, 0.717) is 50.6 Å². The number of rotatable bonds is 9. The largest absolute Gasteiger partial charge is 0.491 e. The van der Waals surface area contributed by atoms with E-state index in [2.05, 4.69) is 10.0 Å². The van der Waals surface area contributed by atoms with Crippen molar-refractivity contribution < 1.29 is 22.7 Å². The van der Waals surface area contributed by atoms with E-state index in [9.17, 15) is 18.0 Å². The molecule has 0 atom stereocenters. The first kappa shape index (κ1) is 23.9. The lowest BCUT2D eigenvalue weighted by Crippen LogP contribution is -2.41. The Bertz CT molecular complexity index is 811. The van der Waals surface area contributed by atoms with Crippen LogP contribution in [0.2, 0.25) is 0 Å². The first-order valence-corrected chi connectivity index (χ1v) is 11.9. The molecular weight excluding hydrogens is 408 g/mol. The number of carbonyl (C=O) groups excluding carboxylic acids is 2. The van der Waals surface area contributed by atoms with Crippen LogP contribution in [0, 0.1) is 0 Å². The van der Waals surface area contributed by atoms with Crippen molar-refractivity contribution in [3.63, 3.8) is 0 Å². The molecule has 1 aromatic rings. The standard InChI is InChI=1S/C20H32N4O5S/c1-4-21-19(25)14-23-10-5-11-24(13-12-23)20(26)15-30(27,28)22-17-6-8-18(9-7-17)29-16(2)3/h6-9,16,22H,4-5,10-15H2,1-3H3,(H,21,25). The minimum Gasteiger partial charge on any atom is -0.491 e. The van der Waals surface area contributed by atoms with Gasteiger partial charge in [0.2, 0.25) is 21.8 Å². The van der Waals surface area contributed by atoms with E-state index in [0.717, 1.165) is 0 Å². The smallest absolute Gasteiger partial charge is 0.241 e. The number of nitrogens with zero attached hydrogens (tertiary/aromatic N) is 2. The van der Waals surface area contributed by atoms with E-state index in [-0.39, 0.29) is 18.6 Å². The minimum atomic E-state index is -3.83. The molecule has 10 heteroatoms. The van der Waals surface area contributed by atoms with Crippen molar-refractivity contribution >= 4 is 27.5 Å². The molecule has 0 bridgehead atoms. The van der Waals surface area contributed by atoms with E-state index < -0.39 is 21.7 Å². The molecule has 1 saturated heterocycles. The summed E-state index contributed by atoms with van der Waals surface area (Å²) in [6.07, 6.45) is 0.714. The quantitative estimate of drug-likeness (QED) is 0.590. The van der Waals surface area contributed by atoms with Gasteiger partial charge in [0.05, 0.1) is 12.6 Å². The molecule has 168 valence electrons. The van der Waals surface area contributed by atoms with Gasteiger partial charge in [0, 0.05) is 38.4 Å². The number of hydrogen-bond acceptors (Lipinski definition) is 6. The molecular formula is C20H32N4O5S. The van der Waals surface area contributed by atoms with Gasteiger partial charge in [0.1, 0.15) is 11.5 Å². The highest BCUT2D eigenvalue weighted by molar-refractivity contribution is 7.93. The SMILES string of the molecule is CCNC(=O)CN1CCCN(C(=O)CS(=O)(=O)Nc2ccc(OC(C)C)cc2)CC1. The molecule has 0 radical (unpaired) electrons. The van der Waals surface area contributed by atoms with Crippen LogP contribution in [0.15, 0.2) is 24.3 Å². The summed E-state index contributed by atoms with van der Waals surface area (Å²) in [5, 5.41) is 2.76. The maximum Gasteiger partial charge on any atom is 0.241 e. The molecule has 9 nitrogen and oxygen atoms in total. The second-order valence-electron chi connectivity index (χ2n) is 7.52. The Morgan fingerprint density at radius 2 is 1.80 bits per heavy atom. The van der Waals surface area contributed by atoms with Crippen molar-refractivity contribution in [3.8, 4) is 5.75 Å². The van der Waals surface area contributed by atoms with Gasteiger partial charge < -0.3 is 15.0 Å². The highest BCUT2D eigenvalue weighted by Crippen LogP contribution is 2.18. The van der Waals surface area contributed by atoms with Gasteiger partial charge in [-0.15, -0.1) is 0 Å². The number of hydrogen-bond donors (Lipinski definition) is 2. The van der Waals surface area contributed by atoms with Crippen LogP contribution in [-0.2, 0) is 19.6 Å². The average Bonchev–Trinajstić information content (AvgIpc) is 2.88. The average molecular weight is 441 g/mol. The summed E-state index contributed by atoms with van der Waals surface area (Å²) in [4.78, 5) is 27.8. The fourth-order valence-corrected chi connectivity index (χ4v) is 4.25. The molecule has 1 aromatic carbocycles. The Labute approximate surface area is 178 Å². The summed E-state index contributed by atoms with van der Waals surface area (Å²) in [5.41, 5.74) is 0.378. The molecule has 0 saturated carbocycles. The summed E-state index contributed by atoms with van der Waals surface area (Å²) in [6, 6.07) is 6.56. The third kappa shape index (κ3) is 8.19. The lowest BCUT2D eigenvalue weighted by Gasteiger charge is -2.22. The minimum absolute atomic E-state index is 0.0238. The zero-order valence-electron chi connectivity index (χ0n) is 17.9. The number of likely N-dealkylation sites (N-methyl/N-ethyl adjacent to an activating group) is 1. The first-order chi connectivity index (χ1) is 14.2. The van der Waals surface area contributed by atoms with Gasteiger partial charge in [0.25, 0.3) is 0 Å². The Kier molecular flexibility index (Phi) is 8.91. The van der Waals surface area contributed by atoms with Crippen LogP contribution in [-0.4, -0.2) is 81.2 Å². The van der Waals surface area contributed by atoms with Crippen LogP contribution < -0.4 is 14.8 Å². The van der Waals surface area contributed by atoms with E-state index in [1.165, 1.54) is 0 Å². The van der Waals surface area contributed by atoms with Crippen molar-refractivity contribution in [2.24, 2.45) is 0 Å². The van der Waals surface area contributed by atoms with Crippen molar-refractivity contribution in [1.82, 2.24) is 15.1 Å². The predicted molar refractivity (Wildman–Crippen MR) is 116 cm³/mol. The van der Waals surface area contributed by atoms with Crippen molar-refractivity contribution in [2.45, 2.75) is 33.3 Å². The fraction of sp³-hybridized carbons (Fsp3) is 0.600. The number of anilines is 1. The Balaban J connectivity index is 1.87. The number of sulfonamides is 1. The van der Waals surface area contributed by atoms with Crippen LogP contribution in [0.4, 0.5) is 5.69 Å². The van der Waals surface area contributed by atoms with E-state index in [4.69, 9.17) is 4.74 Å². The van der Waals surface area contributed by atoms with Crippen LogP contribution in [0.1, 0.15) is 27.2 Å². The van der Waals surface area contributed by atoms with Crippen LogP contribution in [0.3, 0.4) is 0 Å². The molecule has 30 heavy (non-hydrogen) atoms. The van der Waals surface area contributed by atoms with Crippen LogP contribution >= 0.6 is 0 Å². The third-order valence-electron chi connectivity index (χ3n) is 4.50. The van der Waals surface area contributed by atoms with Gasteiger partial charge in [0.15, 0.2) is 0 Å². The first-order valence-electron chi connectivity index (χ1n) is 10.2. The zero-order valence-corrected chi connectivity index (χ0v) is 18.7. The number of nitrogens with one attached hydrogen (secondary N) is 2. The normalized spacial score (nSPS) is 15.5. The predicted octanol–water partition coefficient (Wildman–Crippen LogP) is 0.886. The summed E-state index contributed by atoms with van der Waals surface area (Å²) in [5.74, 6) is -0.463. The topological polar surface area (TPSA) is 108 Å². The van der Waals surface area contributed by atoms with E-state index in [1.807, 2.05) is 25.7 Å². The lowest BCUT2D eigenvalue weighted by atomic mass is 10.3. The van der Waals surface area contributed by atoms with E-state index >= 15 is 0 Å².